The summed E-state index contributed by atoms with van der Waals surface area (Å²) in [7, 11) is 0. The third kappa shape index (κ3) is 3.18. The zero-order valence-electron chi connectivity index (χ0n) is 11.1. The lowest BCUT2D eigenvalue weighted by Crippen LogP contribution is -2.16. The number of rotatable bonds is 5. The molecule has 3 aromatic rings. The van der Waals surface area contributed by atoms with Crippen LogP contribution < -0.4 is 5.32 Å². The number of hydrogen-bond acceptors (Lipinski definition) is 2. The molecule has 3 rings (SSSR count). The summed E-state index contributed by atoms with van der Waals surface area (Å²) >= 11 is 5.87. The zero-order chi connectivity index (χ0) is 13.8. The Bertz CT molecular complexity index is 655. The second-order valence-corrected chi connectivity index (χ2v) is 5.19. The van der Waals surface area contributed by atoms with Crippen molar-refractivity contribution in [3.05, 3.63) is 71.1 Å². The van der Waals surface area contributed by atoms with Crippen LogP contribution in [-0.4, -0.2) is 15.9 Å². The number of benzene rings is 1. The molecule has 0 aliphatic heterocycles. The molecule has 102 valence electrons. The maximum absolute atomic E-state index is 5.87. The molecule has 4 heteroatoms. The maximum atomic E-state index is 5.87. The molecule has 0 spiro atoms. The zero-order valence-corrected chi connectivity index (χ0v) is 11.8. The number of halogens is 1. The van der Waals surface area contributed by atoms with E-state index in [0.717, 1.165) is 35.9 Å². The molecule has 0 aliphatic carbocycles. The lowest BCUT2D eigenvalue weighted by Gasteiger charge is -2.03. The first-order valence-electron chi connectivity index (χ1n) is 6.69. The Kier molecular flexibility index (Phi) is 4.00. The molecule has 3 nitrogen and oxygen atoms in total. The predicted octanol–water partition coefficient (Wildman–Crippen LogP) is 3.32. The minimum atomic E-state index is 0.784. The average Bonchev–Trinajstić information content (AvgIpc) is 2.88. The van der Waals surface area contributed by atoms with Gasteiger partial charge in [-0.25, -0.2) is 4.98 Å². The van der Waals surface area contributed by atoms with Crippen LogP contribution in [0.2, 0.25) is 5.02 Å². The largest absolute Gasteiger partial charge is 0.311 e. The van der Waals surface area contributed by atoms with Crippen LogP contribution in [-0.2, 0) is 13.0 Å². The standard InChI is InChI=1S/C16H16ClN3/c17-14-6-4-13(5-7-14)8-9-18-11-15-12-20-10-2-1-3-16(20)19-15/h1-7,10,12,18H,8-9,11H2. The molecule has 0 saturated heterocycles. The van der Waals surface area contributed by atoms with E-state index in [1.807, 2.05) is 40.9 Å². The van der Waals surface area contributed by atoms with Gasteiger partial charge in [0.2, 0.25) is 0 Å². The van der Waals surface area contributed by atoms with Gasteiger partial charge in [-0.2, -0.15) is 0 Å². The lowest BCUT2D eigenvalue weighted by molar-refractivity contribution is 0.677. The molecule has 0 unspecified atom stereocenters. The lowest BCUT2D eigenvalue weighted by atomic mass is 10.1. The van der Waals surface area contributed by atoms with Crippen LogP contribution in [0.3, 0.4) is 0 Å². The fourth-order valence-corrected chi connectivity index (χ4v) is 2.30. The highest BCUT2D eigenvalue weighted by molar-refractivity contribution is 6.30. The summed E-state index contributed by atoms with van der Waals surface area (Å²) in [6.45, 7) is 1.71. The van der Waals surface area contributed by atoms with Crippen molar-refractivity contribution < 1.29 is 0 Å². The van der Waals surface area contributed by atoms with Gasteiger partial charge in [0.05, 0.1) is 5.69 Å². The molecule has 20 heavy (non-hydrogen) atoms. The van der Waals surface area contributed by atoms with Gasteiger partial charge in [-0.05, 0) is 42.8 Å². The van der Waals surface area contributed by atoms with Gasteiger partial charge in [-0.15, -0.1) is 0 Å². The number of nitrogens with one attached hydrogen (secondary N) is 1. The highest BCUT2D eigenvalue weighted by atomic mass is 35.5. The molecule has 0 radical (unpaired) electrons. The minimum absolute atomic E-state index is 0.784. The van der Waals surface area contributed by atoms with Crippen molar-refractivity contribution in [1.82, 2.24) is 14.7 Å². The third-order valence-corrected chi connectivity index (χ3v) is 3.48. The third-order valence-electron chi connectivity index (χ3n) is 3.22. The Morgan fingerprint density at radius 2 is 1.95 bits per heavy atom. The molecule has 0 bridgehead atoms. The van der Waals surface area contributed by atoms with Gasteiger partial charge in [-0.1, -0.05) is 29.8 Å². The summed E-state index contributed by atoms with van der Waals surface area (Å²) in [4.78, 5) is 4.55. The Labute approximate surface area is 123 Å². The summed E-state index contributed by atoms with van der Waals surface area (Å²) in [5.41, 5.74) is 3.34. The molecule has 1 aromatic carbocycles. The second-order valence-electron chi connectivity index (χ2n) is 4.75. The van der Waals surface area contributed by atoms with Crippen LogP contribution in [0.15, 0.2) is 54.9 Å². The summed E-state index contributed by atoms with van der Waals surface area (Å²) in [6.07, 6.45) is 5.06. The molecule has 0 fully saturated rings. The van der Waals surface area contributed by atoms with E-state index in [1.54, 1.807) is 0 Å². The second kappa shape index (κ2) is 6.07. The van der Waals surface area contributed by atoms with E-state index in [2.05, 4.69) is 28.6 Å². The highest BCUT2D eigenvalue weighted by Gasteiger charge is 2.00. The Hall–Kier alpha value is -1.84. The van der Waals surface area contributed by atoms with Crippen molar-refractivity contribution in [2.24, 2.45) is 0 Å². The normalized spacial score (nSPS) is 11.1. The van der Waals surface area contributed by atoms with Crippen molar-refractivity contribution in [1.29, 1.82) is 0 Å². The molecule has 0 amide bonds. The van der Waals surface area contributed by atoms with Gasteiger partial charge >= 0.3 is 0 Å². The topological polar surface area (TPSA) is 29.3 Å². The number of fused-ring (bicyclic) bond motifs is 1. The fraction of sp³-hybridized carbons (Fsp3) is 0.188. The SMILES string of the molecule is Clc1ccc(CCNCc2cn3ccccc3n2)cc1. The van der Waals surface area contributed by atoms with E-state index in [1.165, 1.54) is 5.56 Å². The number of pyridine rings is 1. The van der Waals surface area contributed by atoms with Gasteiger partial charge in [0.1, 0.15) is 5.65 Å². The highest BCUT2D eigenvalue weighted by Crippen LogP contribution is 2.09. The molecule has 1 N–H and O–H groups in total. The summed E-state index contributed by atoms with van der Waals surface area (Å²) < 4.78 is 2.04. The van der Waals surface area contributed by atoms with Gasteiger partial charge in [0, 0.05) is 24.0 Å². The van der Waals surface area contributed by atoms with E-state index < -0.39 is 0 Å². The Morgan fingerprint density at radius 1 is 1.10 bits per heavy atom. The van der Waals surface area contributed by atoms with E-state index in [4.69, 9.17) is 11.6 Å². The van der Waals surface area contributed by atoms with Crippen LogP contribution in [0.1, 0.15) is 11.3 Å². The van der Waals surface area contributed by atoms with E-state index in [-0.39, 0.29) is 0 Å². The number of hydrogen-bond donors (Lipinski definition) is 1. The van der Waals surface area contributed by atoms with Crippen LogP contribution in [0.5, 0.6) is 0 Å². The monoisotopic (exact) mass is 285 g/mol. The van der Waals surface area contributed by atoms with Crippen LogP contribution in [0.4, 0.5) is 0 Å². The molecular formula is C16H16ClN3. The van der Waals surface area contributed by atoms with Crippen molar-refractivity contribution in [2.45, 2.75) is 13.0 Å². The molecule has 2 aromatic heterocycles. The first-order valence-corrected chi connectivity index (χ1v) is 7.07. The van der Waals surface area contributed by atoms with Gasteiger partial charge in [0.15, 0.2) is 0 Å². The van der Waals surface area contributed by atoms with E-state index >= 15 is 0 Å². The summed E-state index contributed by atoms with van der Waals surface area (Å²) in [5.74, 6) is 0. The quantitative estimate of drug-likeness (QED) is 0.729. The molecule has 0 saturated carbocycles. The predicted molar refractivity (Wildman–Crippen MR) is 82.1 cm³/mol. The number of aromatic nitrogens is 2. The first-order chi connectivity index (χ1) is 9.81. The van der Waals surface area contributed by atoms with Gasteiger partial charge in [0.25, 0.3) is 0 Å². The Balaban J connectivity index is 1.51. The Morgan fingerprint density at radius 3 is 2.75 bits per heavy atom. The first kappa shape index (κ1) is 13.2. The van der Waals surface area contributed by atoms with Crippen molar-refractivity contribution in [3.63, 3.8) is 0 Å². The summed E-state index contributed by atoms with van der Waals surface area (Å²) in [5, 5.41) is 4.20. The number of nitrogens with zero attached hydrogens (tertiary/aromatic N) is 2. The molecule has 2 heterocycles. The molecule has 0 atom stereocenters. The summed E-state index contributed by atoms with van der Waals surface area (Å²) in [6, 6.07) is 14.0. The van der Waals surface area contributed by atoms with E-state index in [0.29, 0.717) is 0 Å². The van der Waals surface area contributed by atoms with Gasteiger partial charge < -0.3 is 9.72 Å². The minimum Gasteiger partial charge on any atom is -0.311 e. The molecule has 0 aliphatic rings. The smallest absolute Gasteiger partial charge is 0.137 e. The van der Waals surface area contributed by atoms with Gasteiger partial charge in [-0.3, -0.25) is 0 Å². The fourth-order valence-electron chi connectivity index (χ4n) is 2.17. The van der Waals surface area contributed by atoms with E-state index in [9.17, 15) is 0 Å². The van der Waals surface area contributed by atoms with Crippen LogP contribution >= 0.6 is 11.6 Å². The van der Waals surface area contributed by atoms with Crippen molar-refractivity contribution >= 4 is 17.2 Å². The molecular weight excluding hydrogens is 270 g/mol. The maximum Gasteiger partial charge on any atom is 0.137 e. The van der Waals surface area contributed by atoms with Crippen LogP contribution in [0.25, 0.3) is 5.65 Å². The van der Waals surface area contributed by atoms with Crippen molar-refractivity contribution in [2.75, 3.05) is 6.54 Å². The average molecular weight is 286 g/mol. The van der Waals surface area contributed by atoms with Crippen LogP contribution in [0, 0.1) is 0 Å². The van der Waals surface area contributed by atoms with Crippen molar-refractivity contribution in [3.8, 4) is 0 Å². The number of imidazole rings is 1.